The summed E-state index contributed by atoms with van der Waals surface area (Å²) in [5, 5.41) is 11.6. The van der Waals surface area contributed by atoms with Gasteiger partial charge in [-0.1, -0.05) is 12.1 Å². The maximum atomic E-state index is 12.8. The molecule has 4 rings (SSSR count). The summed E-state index contributed by atoms with van der Waals surface area (Å²) in [6.07, 6.45) is 0.295. The van der Waals surface area contributed by atoms with Crippen LogP contribution in [0, 0.1) is 0 Å². The highest BCUT2D eigenvalue weighted by Gasteiger charge is 2.64. The van der Waals surface area contributed by atoms with E-state index >= 15 is 0 Å². The predicted octanol–water partition coefficient (Wildman–Crippen LogP) is 0.615. The Morgan fingerprint density at radius 2 is 1.97 bits per heavy atom. The van der Waals surface area contributed by atoms with Crippen molar-refractivity contribution in [2.45, 2.75) is 42.5 Å². The lowest BCUT2D eigenvalue weighted by molar-refractivity contribution is -0.159. The molecule has 1 aromatic heterocycles. The van der Waals surface area contributed by atoms with E-state index in [2.05, 4.69) is 15.3 Å². The van der Waals surface area contributed by atoms with Gasteiger partial charge in [-0.05, 0) is 31.5 Å². The molecule has 0 bridgehead atoms. The van der Waals surface area contributed by atoms with E-state index in [1.165, 1.54) is 16.7 Å². The van der Waals surface area contributed by atoms with Crippen LogP contribution in [0.3, 0.4) is 0 Å². The molecule has 168 valence electrons. The number of aromatic amines is 1. The number of β-lactam (4-membered cyclic amide) rings is 1. The van der Waals surface area contributed by atoms with Gasteiger partial charge in [0.1, 0.15) is 34.7 Å². The predicted molar refractivity (Wildman–Crippen MR) is 116 cm³/mol. The third kappa shape index (κ3) is 3.83. The molecule has 32 heavy (non-hydrogen) atoms. The lowest BCUT2D eigenvalue weighted by Gasteiger charge is -2.43. The average molecular weight is 458 g/mol. The fraction of sp³-hybridized carbons (Fsp3) is 0.381. The number of benzene rings is 1. The number of nitrogens with zero attached hydrogens (tertiary/aromatic N) is 2. The lowest BCUT2D eigenvalue weighted by Crippen LogP contribution is -2.70. The van der Waals surface area contributed by atoms with Crippen LogP contribution in [0.1, 0.15) is 35.7 Å². The first-order chi connectivity index (χ1) is 15.1. The topological polar surface area (TPSA) is 142 Å². The minimum absolute atomic E-state index is 0.111. The molecule has 2 amide bonds. The molecule has 0 saturated carbocycles. The summed E-state index contributed by atoms with van der Waals surface area (Å²) in [7, 11) is 1.56. The molecule has 1 aromatic carbocycles. The average Bonchev–Trinajstić information content (AvgIpc) is 3.00. The SMILES string of the molecule is COc1ccc(Cc2nc(C(=O)N[C@@H]3C(=O)N4[C@@H]3SC(C)(C)[C@@H]4C(=O)O)cc(=O)[nH]2)cc1. The van der Waals surface area contributed by atoms with E-state index in [-0.39, 0.29) is 5.69 Å². The number of hydrogen-bond donors (Lipinski definition) is 3. The van der Waals surface area contributed by atoms with E-state index in [4.69, 9.17) is 4.74 Å². The third-order valence-electron chi connectivity index (χ3n) is 5.52. The molecule has 3 N–H and O–H groups in total. The van der Waals surface area contributed by atoms with Gasteiger partial charge in [-0.3, -0.25) is 14.4 Å². The fourth-order valence-electron chi connectivity index (χ4n) is 4.01. The van der Waals surface area contributed by atoms with Gasteiger partial charge in [-0.25, -0.2) is 9.78 Å². The van der Waals surface area contributed by atoms with Crippen LogP contribution >= 0.6 is 11.8 Å². The molecular weight excluding hydrogens is 436 g/mol. The van der Waals surface area contributed by atoms with E-state index in [9.17, 15) is 24.3 Å². The van der Waals surface area contributed by atoms with E-state index in [1.54, 1.807) is 33.1 Å². The third-order valence-corrected chi connectivity index (χ3v) is 7.09. The number of H-pyrrole nitrogens is 1. The van der Waals surface area contributed by atoms with Gasteiger partial charge in [0.25, 0.3) is 11.5 Å². The Bertz CT molecular complexity index is 1150. The zero-order valence-electron chi connectivity index (χ0n) is 17.6. The number of methoxy groups -OCH3 is 1. The minimum Gasteiger partial charge on any atom is -0.497 e. The van der Waals surface area contributed by atoms with Crippen LogP contribution in [-0.2, 0) is 16.0 Å². The number of amides is 2. The Morgan fingerprint density at radius 3 is 2.59 bits per heavy atom. The van der Waals surface area contributed by atoms with Gasteiger partial charge in [0, 0.05) is 17.2 Å². The maximum absolute atomic E-state index is 12.8. The van der Waals surface area contributed by atoms with Crippen LogP contribution < -0.4 is 15.6 Å². The molecule has 0 unspecified atom stereocenters. The lowest BCUT2D eigenvalue weighted by atomic mass is 9.96. The highest BCUT2D eigenvalue weighted by Crippen LogP contribution is 2.50. The Kier molecular flexibility index (Phi) is 5.45. The standard InChI is InChI=1S/C21H22N4O6S/c1-21(2)16(20(29)30)25-18(28)15(19(25)32-21)24-17(27)12-9-14(26)23-13(22-12)8-10-4-6-11(31-3)7-5-10/h4-7,9,15-16,19H,8H2,1-3H3,(H,24,27)(H,29,30)(H,22,23,26)/t15-,16+,19-/m1/s1. The summed E-state index contributed by atoms with van der Waals surface area (Å²) in [4.78, 5) is 57.2. The molecule has 0 radical (unpaired) electrons. The first-order valence-corrected chi connectivity index (χ1v) is 10.8. The number of ether oxygens (including phenoxy) is 1. The van der Waals surface area contributed by atoms with Crippen molar-refractivity contribution in [3.63, 3.8) is 0 Å². The molecule has 2 saturated heterocycles. The number of thioether (sulfide) groups is 1. The van der Waals surface area contributed by atoms with Gasteiger partial charge in [-0.15, -0.1) is 11.8 Å². The van der Waals surface area contributed by atoms with E-state index in [0.29, 0.717) is 18.0 Å². The molecule has 2 aliphatic rings. The van der Waals surface area contributed by atoms with Crippen molar-refractivity contribution in [3.8, 4) is 5.75 Å². The van der Waals surface area contributed by atoms with Crippen molar-refractivity contribution in [1.82, 2.24) is 20.2 Å². The van der Waals surface area contributed by atoms with Crippen LogP contribution in [0.4, 0.5) is 0 Å². The van der Waals surface area contributed by atoms with Crippen molar-refractivity contribution in [3.05, 3.63) is 57.8 Å². The van der Waals surface area contributed by atoms with Gasteiger partial charge in [-0.2, -0.15) is 0 Å². The molecular formula is C21H22N4O6S. The second-order valence-electron chi connectivity index (χ2n) is 8.15. The first-order valence-electron chi connectivity index (χ1n) is 9.87. The number of nitrogens with one attached hydrogen (secondary N) is 2. The maximum Gasteiger partial charge on any atom is 0.327 e. The number of hydrogen-bond acceptors (Lipinski definition) is 7. The molecule has 10 nitrogen and oxygen atoms in total. The zero-order chi connectivity index (χ0) is 23.2. The summed E-state index contributed by atoms with van der Waals surface area (Å²) in [6.45, 7) is 3.51. The van der Waals surface area contributed by atoms with Gasteiger partial charge in [0.2, 0.25) is 5.91 Å². The van der Waals surface area contributed by atoms with E-state index < -0.39 is 45.5 Å². The van der Waals surface area contributed by atoms with Crippen molar-refractivity contribution >= 4 is 29.5 Å². The molecule has 2 aromatic rings. The molecule has 0 spiro atoms. The first kappa shape index (κ1) is 21.9. The van der Waals surface area contributed by atoms with Crippen molar-refractivity contribution < 1.29 is 24.2 Å². The van der Waals surface area contributed by atoms with Gasteiger partial charge >= 0.3 is 5.97 Å². The number of rotatable bonds is 6. The number of aliphatic carboxylic acids is 1. The molecule has 0 aliphatic carbocycles. The summed E-state index contributed by atoms with van der Waals surface area (Å²) in [5.74, 6) is -1.21. The highest BCUT2D eigenvalue weighted by atomic mass is 32.2. The van der Waals surface area contributed by atoms with Crippen LogP contribution in [0.15, 0.2) is 35.1 Å². The number of carboxylic acid groups (broad SMARTS) is 1. The Morgan fingerprint density at radius 1 is 1.28 bits per heavy atom. The van der Waals surface area contributed by atoms with Crippen molar-refractivity contribution in [2.24, 2.45) is 0 Å². The van der Waals surface area contributed by atoms with Gasteiger partial charge < -0.3 is 25.0 Å². The van der Waals surface area contributed by atoms with Crippen LogP contribution in [0.25, 0.3) is 0 Å². The number of carboxylic acids is 1. The Hall–Kier alpha value is -3.34. The van der Waals surface area contributed by atoms with Crippen molar-refractivity contribution in [2.75, 3.05) is 7.11 Å². The monoisotopic (exact) mass is 458 g/mol. The summed E-state index contributed by atoms with van der Waals surface area (Å²) in [5.41, 5.74) is 0.263. The molecule has 2 fully saturated rings. The smallest absolute Gasteiger partial charge is 0.327 e. The second kappa shape index (κ2) is 7.97. The van der Waals surface area contributed by atoms with Crippen molar-refractivity contribution in [1.29, 1.82) is 0 Å². The highest BCUT2D eigenvalue weighted by molar-refractivity contribution is 8.01. The molecule has 2 aliphatic heterocycles. The zero-order valence-corrected chi connectivity index (χ0v) is 18.4. The summed E-state index contributed by atoms with van der Waals surface area (Å²) >= 11 is 1.33. The van der Waals surface area contributed by atoms with Crippen LogP contribution in [0.2, 0.25) is 0 Å². The van der Waals surface area contributed by atoms with E-state index in [0.717, 1.165) is 11.6 Å². The number of fused-ring (bicyclic) bond motifs is 1. The van der Waals surface area contributed by atoms with Gasteiger partial charge in [0.05, 0.1) is 7.11 Å². The molecule has 11 heteroatoms. The largest absolute Gasteiger partial charge is 0.497 e. The summed E-state index contributed by atoms with van der Waals surface area (Å²) < 4.78 is 4.43. The second-order valence-corrected chi connectivity index (χ2v) is 9.92. The van der Waals surface area contributed by atoms with E-state index in [1.807, 2.05) is 12.1 Å². The normalized spacial score (nSPS) is 23.3. The number of carbonyl (C=O) groups excluding carboxylic acids is 2. The molecule has 3 atom stereocenters. The van der Waals surface area contributed by atoms with Gasteiger partial charge in [0.15, 0.2) is 0 Å². The number of aromatic nitrogens is 2. The summed E-state index contributed by atoms with van der Waals surface area (Å²) in [6, 6.07) is 6.44. The van der Waals surface area contributed by atoms with Crippen LogP contribution in [0.5, 0.6) is 5.75 Å². The quantitative estimate of drug-likeness (QED) is 0.535. The minimum atomic E-state index is -1.08. The Labute approximate surface area is 187 Å². The fourth-order valence-corrected chi connectivity index (χ4v) is 5.63. The Balaban J connectivity index is 1.49. The number of carbonyl (C=O) groups is 3. The molecule has 3 heterocycles. The van der Waals surface area contributed by atoms with Crippen LogP contribution in [-0.4, -0.2) is 67.1 Å².